The zero-order valence-electron chi connectivity index (χ0n) is 14.6. The van der Waals surface area contributed by atoms with E-state index in [0.717, 1.165) is 25.7 Å². The zero-order valence-corrected chi connectivity index (χ0v) is 14.6. The maximum atomic E-state index is 13.1. The molecule has 3 atom stereocenters. The topological polar surface area (TPSA) is 71.8 Å². The van der Waals surface area contributed by atoms with Gasteiger partial charge in [-0.15, -0.1) is 0 Å². The van der Waals surface area contributed by atoms with Gasteiger partial charge in [0.15, 0.2) is 5.76 Å². The second-order valence-electron chi connectivity index (χ2n) is 7.29. The minimum absolute atomic E-state index is 0.0138. The van der Waals surface area contributed by atoms with E-state index in [1.165, 1.54) is 6.26 Å². The SMILES string of the molecule is CC1CCCC2(C1)OCC(C(=O)NC(C)C)N2C(=O)c1ccco1. The van der Waals surface area contributed by atoms with Crippen LogP contribution >= 0.6 is 0 Å². The Morgan fingerprint density at radius 1 is 1.42 bits per heavy atom. The van der Waals surface area contributed by atoms with E-state index < -0.39 is 11.8 Å². The maximum absolute atomic E-state index is 13.1. The van der Waals surface area contributed by atoms with E-state index in [2.05, 4.69) is 12.2 Å². The highest BCUT2D eigenvalue weighted by molar-refractivity contribution is 5.96. The Morgan fingerprint density at radius 3 is 2.83 bits per heavy atom. The number of carbonyl (C=O) groups excluding carboxylic acids is 2. The summed E-state index contributed by atoms with van der Waals surface area (Å²) in [4.78, 5) is 27.3. The largest absolute Gasteiger partial charge is 0.459 e. The Morgan fingerprint density at radius 2 is 2.21 bits per heavy atom. The quantitative estimate of drug-likeness (QED) is 0.922. The zero-order chi connectivity index (χ0) is 17.3. The third-order valence-electron chi connectivity index (χ3n) is 4.88. The van der Waals surface area contributed by atoms with E-state index in [0.29, 0.717) is 5.92 Å². The van der Waals surface area contributed by atoms with Gasteiger partial charge in [0, 0.05) is 6.04 Å². The molecule has 1 aliphatic heterocycles. The van der Waals surface area contributed by atoms with Crippen LogP contribution in [-0.2, 0) is 9.53 Å². The Labute approximate surface area is 142 Å². The van der Waals surface area contributed by atoms with Gasteiger partial charge in [-0.1, -0.05) is 13.3 Å². The Balaban J connectivity index is 1.92. The van der Waals surface area contributed by atoms with Crippen molar-refractivity contribution in [3.05, 3.63) is 24.2 Å². The van der Waals surface area contributed by atoms with Gasteiger partial charge in [-0.2, -0.15) is 0 Å². The van der Waals surface area contributed by atoms with E-state index in [-0.39, 0.29) is 30.2 Å². The molecule has 2 amide bonds. The van der Waals surface area contributed by atoms with Crippen molar-refractivity contribution in [1.82, 2.24) is 10.2 Å². The van der Waals surface area contributed by atoms with Gasteiger partial charge in [-0.05, 0) is 51.2 Å². The van der Waals surface area contributed by atoms with E-state index in [4.69, 9.17) is 9.15 Å². The predicted molar refractivity (Wildman–Crippen MR) is 88.3 cm³/mol. The first-order valence-corrected chi connectivity index (χ1v) is 8.74. The molecule has 1 saturated heterocycles. The molecule has 24 heavy (non-hydrogen) atoms. The van der Waals surface area contributed by atoms with Crippen LogP contribution in [0, 0.1) is 5.92 Å². The van der Waals surface area contributed by atoms with Crippen molar-refractivity contribution in [3.63, 3.8) is 0 Å². The third-order valence-corrected chi connectivity index (χ3v) is 4.88. The molecule has 1 saturated carbocycles. The molecule has 0 aromatic carbocycles. The Bertz CT molecular complexity index is 598. The highest BCUT2D eigenvalue weighted by atomic mass is 16.5. The third kappa shape index (κ3) is 3.07. The van der Waals surface area contributed by atoms with Crippen molar-refractivity contribution >= 4 is 11.8 Å². The molecule has 6 nitrogen and oxygen atoms in total. The first-order valence-electron chi connectivity index (χ1n) is 8.74. The molecule has 0 radical (unpaired) electrons. The van der Waals surface area contributed by atoms with Crippen LogP contribution in [0.25, 0.3) is 0 Å². The van der Waals surface area contributed by atoms with Gasteiger partial charge < -0.3 is 14.5 Å². The number of ether oxygens (including phenoxy) is 1. The molecule has 1 spiro atoms. The molecule has 132 valence electrons. The normalized spacial score (nSPS) is 30.1. The first-order chi connectivity index (χ1) is 11.4. The van der Waals surface area contributed by atoms with Gasteiger partial charge in [0.2, 0.25) is 5.91 Å². The van der Waals surface area contributed by atoms with E-state index in [9.17, 15) is 9.59 Å². The molecule has 1 N–H and O–H groups in total. The van der Waals surface area contributed by atoms with Crippen LogP contribution in [0.3, 0.4) is 0 Å². The lowest BCUT2D eigenvalue weighted by Crippen LogP contribution is -2.57. The van der Waals surface area contributed by atoms with Crippen molar-refractivity contribution in [2.24, 2.45) is 5.92 Å². The lowest BCUT2D eigenvalue weighted by Gasteiger charge is -2.43. The van der Waals surface area contributed by atoms with Gasteiger partial charge in [0.1, 0.15) is 11.8 Å². The summed E-state index contributed by atoms with van der Waals surface area (Å²) in [5.74, 6) is 0.272. The van der Waals surface area contributed by atoms with E-state index >= 15 is 0 Å². The summed E-state index contributed by atoms with van der Waals surface area (Å²) in [6, 6.07) is 2.72. The molecule has 1 aromatic rings. The van der Waals surface area contributed by atoms with Crippen LogP contribution in [0.15, 0.2) is 22.8 Å². The van der Waals surface area contributed by atoms with E-state index in [1.54, 1.807) is 17.0 Å². The molecule has 3 unspecified atom stereocenters. The first kappa shape index (κ1) is 17.0. The second kappa shape index (κ2) is 6.59. The molecule has 0 bridgehead atoms. The lowest BCUT2D eigenvalue weighted by molar-refractivity contribution is -0.129. The van der Waals surface area contributed by atoms with Gasteiger partial charge in [0.25, 0.3) is 5.91 Å². The molecule has 3 rings (SSSR count). The van der Waals surface area contributed by atoms with Crippen LogP contribution < -0.4 is 5.32 Å². The van der Waals surface area contributed by atoms with Crippen molar-refractivity contribution in [2.75, 3.05) is 6.61 Å². The van der Waals surface area contributed by atoms with Crippen molar-refractivity contribution < 1.29 is 18.7 Å². The lowest BCUT2D eigenvalue weighted by atomic mass is 9.83. The van der Waals surface area contributed by atoms with Crippen LogP contribution in [0.5, 0.6) is 0 Å². The number of nitrogens with one attached hydrogen (secondary N) is 1. The smallest absolute Gasteiger partial charge is 0.292 e. The number of nitrogens with zero attached hydrogens (tertiary/aromatic N) is 1. The standard InChI is InChI=1S/C18H26N2O4/c1-12(2)19-16(21)14-11-24-18(8-4-6-13(3)10-18)20(14)17(22)15-7-5-9-23-15/h5,7,9,12-14H,4,6,8,10-11H2,1-3H3,(H,19,21). The molecule has 2 aliphatic rings. The van der Waals surface area contributed by atoms with Crippen LogP contribution in [0.4, 0.5) is 0 Å². The molecular formula is C18H26N2O4. The van der Waals surface area contributed by atoms with Crippen molar-refractivity contribution in [2.45, 2.75) is 64.3 Å². The van der Waals surface area contributed by atoms with Gasteiger partial charge in [-0.3, -0.25) is 14.5 Å². The average molecular weight is 334 g/mol. The Kier molecular flexibility index (Phi) is 4.67. The maximum Gasteiger partial charge on any atom is 0.292 e. The van der Waals surface area contributed by atoms with Crippen molar-refractivity contribution in [1.29, 1.82) is 0 Å². The number of hydrogen-bond acceptors (Lipinski definition) is 4. The number of hydrogen-bond donors (Lipinski definition) is 1. The number of rotatable bonds is 3. The number of amides is 2. The fourth-order valence-electron chi connectivity index (χ4n) is 3.91. The van der Waals surface area contributed by atoms with Gasteiger partial charge in [-0.25, -0.2) is 0 Å². The summed E-state index contributed by atoms with van der Waals surface area (Å²) < 4.78 is 11.4. The van der Waals surface area contributed by atoms with Crippen molar-refractivity contribution in [3.8, 4) is 0 Å². The second-order valence-corrected chi connectivity index (χ2v) is 7.29. The Hall–Kier alpha value is -1.82. The summed E-state index contributed by atoms with van der Waals surface area (Å²) in [5, 5.41) is 2.90. The summed E-state index contributed by atoms with van der Waals surface area (Å²) >= 11 is 0. The minimum atomic E-state index is -0.694. The van der Waals surface area contributed by atoms with Gasteiger partial charge in [0.05, 0.1) is 12.9 Å². The predicted octanol–water partition coefficient (Wildman–Crippen LogP) is 2.55. The monoisotopic (exact) mass is 334 g/mol. The fraction of sp³-hybridized carbons (Fsp3) is 0.667. The molecular weight excluding hydrogens is 308 g/mol. The molecule has 6 heteroatoms. The molecule has 1 aromatic heterocycles. The van der Waals surface area contributed by atoms with Crippen LogP contribution in [0.1, 0.15) is 57.0 Å². The summed E-state index contributed by atoms with van der Waals surface area (Å²) in [6.07, 6.45) is 5.10. The van der Waals surface area contributed by atoms with E-state index in [1.807, 2.05) is 13.8 Å². The molecule has 2 fully saturated rings. The summed E-state index contributed by atoms with van der Waals surface area (Å²) in [6.45, 7) is 6.22. The average Bonchev–Trinajstić information content (AvgIpc) is 3.14. The van der Waals surface area contributed by atoms with Gasteiger partial charge >= 0.3 is 0 Å². The van der Waals surface area contributed by atoms with Crippen LogP contribution in [-0.4, -0.2) is 41.1 Å². The number of furan rings is 1. The fourth-order valence-corrected chi connectivity index (χ4v) is 3.91. The van der Waals surface area contributed by atoms with Crippen LogP contribution in [0.2, 0.25) is 0 Å². The molecule has 1 aliphatic carbocycles. The summed E-state index contributed by atoms with van der Waals surface area (Å²) in [5.41, 5.74) is -0.694. The number of carbonyl (C=O) groups is 2. The molecule has 2 heterocycles. The summed E-state index contributed by atoms with van der Waals surface area (Å²) in [7, 11) is 0. The highest BCUT2D eigenvalue weighted by Gasteiger charge is 2.54. The minimum Gasteiger partial charge on any atom is -0.459 e. The highest BCUT2D eigenvalue weighted by Crippen LogP contribution is 2.43.